The van der Waals surface area contributed by atoms with Gasteiger partial charge in [-0.05, 0) is 6.42 Å². The van der Waals surface area contributed by atoms with E-state index in [0.717, 1.165) is 17.1 Å². The number of hydrogen-bond donors (Lipinski definition) is 1. The standard InChI is InChI=1S/C10H13NO2S/c1-5(2)9-11-8(4-14-9)6-3-7(6)10(12)13/h4-7H,3H2,1-2H3,(H,12,13)/t6-,7-/m1/s1. The van der Waals surface area contributed by atoms with Gasteiger partial charge in [0.2, 0.25) is 0 Å². The highest BCUT2D eigenvalue weighted by molar-refractivity contribution is 7.09. The minimum absolute atomic E-state index is 0.177. The van der Waals surface area contributed by atoms with Crippen molar-refractivity contribution >= 4 is 17.3 Å². The molecular weight excluding hydrogens is 198 g/mol. The van der Waals surface area contributed by atoms with Gasteiger partial charge in [-0.2, -0.15) is 0 Å². The van der Waals surface area contributed by atoms with Gasteiger partial charge in [-0.15, -0.1) is 11.3 Å². The van der Waals surface area contributed by atoms with E-state index < -0.39 is 5.97 Å². The molecule has 0 radical (unpaired) electrons. The van der Waals surface area contributed by atoms with E-state index in [4.69, 9.17) is 5.11 Å². The van der Waals surface area contributed by atoms with Crippen molar-refractivity contribution in [2.45, 2.75) is 32.1 Å². The number of aromatic nitrogens is 1. The second kappa shape index (κ2) is 3.35. The lowest BCUT2D eigenvalue weighted by Gasteiger charge is -1.96. The maximum atomic E-state index is 10.7. The Balaban J connectivity index is 2.09. The summed E-state index contributed by atoms with van der Waals surface area (Å²) in [5, 5.41) is 11.9. The number of carboxylic acid groups (broad SMARTS) is 1. The van der Waals surface area contributed by atoms with Crippen molar-refractivity contribution in [3.05, 3.63) is 16.1 Å². The normalized spacial score (nSPS) is 25.4. The van der Waals surface area contributed by atoms with E-state index in [1.807, 2.05) is 5.38 Å². The van der Waals surface area contributed by atoms with Crippen LogP contribution in [0.4, 0.5) is 0 Å². The van der Waals surface area contributed by atoms with Crippen LogP contribution in [0.2, 0.25) is 0 Å². The molecular formula is C10H13NO2S. The minimum atomic E-state index is -0.686. The molecule has 1 saturated carbocycles. The van der Waals surface area contributed by atoms with Gasteiger partial charge in [0, 0.05) is 17.2 Å². The van der Waals surface area contributed by atoms with Crippen LogP contribution in [0, 0.1) is 5.92 Å². The van der Waals surface area contributed by atoms with E-state index in [0.29, 0.717) is 5.92 Å². The third kappa shape index (κ3) is 1.66. The third-order valence-corrected chi connectivity index (χ3v) is 3.68. The van der Waals surface area contributed by atoms with Crippen molar-refractivity contribution < 1.29 is 9.90 Å². The van der Waals surface area contributed by atoms with Crippen LogP contribution in [-0.2, 0) is 4.79 Å². The smallest absolute Gasteiger partial charge is 0.307 e. The number of rotatable bonds is 3. The summed E-state index contributed by atoms with van der Waals surface area (Å²) < 4.78 is 0. The largest absolute Gasteiger partial charge is 0.481 e. The molecule has 76 valence electrons. The Morgan fingerprint density at radius 2 is 2.43 bits per heavy atom. The van der Waals surface area contributed by atoms with Crippen LogP contribution in [-0.4, -0.2) is 16.1 Å². The lowest BCUT2D eigenvalue weighted by Crippen LogP contribution is -1.99. The Labute approximate surface area is 86.8 Å². The van der Waals surface area contributed by atoms with E-state index >= 15 is 0 Å². The van der Waals surface area contributed by atoms with Crippen LogP contribution in [0.25, 0.3) is 0 Å². The van der Waals surface area contributed by atoms with E-state index in [9.17, 15) is 4.79 Å². The van der Waals surface area contributed by atoms with Gasteiger partial charge in [0.15, 0.2) is 0 Å². The average molecular weight is 211 g/mol. The van der Waals surface area contributed by atoms with Crippen molar-refractivity contribution in [1.29, 1.82) is 0 Å². The molecule has 1 N–H and O–H groups in total. The Morgan fingerprint density at radius 1 is 1.71 bits per heavy atom. The average Bonchev–Trinajstić information content (AvgIpc) is 2.76. The van der Waals surface area contributed by atoms with E-state index in [1.54, 1.807) is 11.3 Å². The van der Waals surface area contributed by atoms with Crippen molar-refractivity contribution in [2.75, 3.05) is 0 Å². The summed E-state index contributed by atoms with van der Waals surface area (Å²) in [6.45, 7) is 4.20. The molecule has 2 rings (SSSR count). The monoisotopic (exact) mass is 211 g/mol. The highest BCUT2D eigenvalue weighted by atomic mass is 32.1. The van der Waals surface area contributed by atoms with Crippen LogP contribution in [0.15, 0.2) is 5.38 Å². The molecule has 0 unspecified atom stereocenters. The van der Waals surface area contributed by atoms with Crippen LogP contribution >= 0.6 is 11.3 Å². The second-order valence-electron chi connectivity index (χ2n) is 4.05. The Bertz CT molecular complexity index is 359. The first-order chi connectivity index (χ1) is 6.59. The third-order valence-electron chi connectivity index (χ3n) is 2.52. The number of carbonyl (C=O) groups is 1. The first-order valence-electron chi connectivity index (χ1n) is 4.77. The Kier molecular flexibility index (Phi) is 2.31. The van der Waals surface area contributed by atoms with E-state index in [2.05, 4.69) is 18.8 Å². The Morgan fingerprint density at radius 3 is 2.86 bits per heavy atom. The van der Waals surface area contributed by atoms with Gasteiger partial charge in [0.25, 0.3) is 0 Å². The van der Waals surface area contributed by atoms with Gasteiger partial charge in [0.05, 0.1) is 16.6 Å². The summed E-state index contributed by atoms with van der Waals surface area (Å²) in [6.07, 6.45) is 0.761. The number of aliphatic carboxylic acids is 1. The molecule has 0 amide bonds. The molecule has 4 heteroatoms. The predicted octanol–water partition coefficient (Wildman–Crippen LogP) is 2.45. The number of thiazole rings is 1. The predicted molar refractivity (Wildman–Crippen MR) is 54.7 cm³/mol. The summed E-state index contributed by atoms with van der Waals surface area (Å²) in [6, 6.07) is 0. The van der Waals surface area contributed by atoms with E-state index in [-0.39, 0.29) is 11.8 Å². The van der Waals surface area contributed by atoms with Crippen LogP contribution in [0.5, 0.6) is 0 Å². The number of hydrogen-bond acceptors (Lipinski definition) is 3. The fourth-order valence-electron chi connectivity index (χ4n) is 1.53. The zero-order valence-electron chi connectivity index (χ0n) is 8.23. The Hall–Kier alpha value is -0.900. The highest BCUT2D eigenvalue weighted by Gasteiger charge is 2.45. The zero-order valence-corrected chi connectivity index (χ0v) is 9.04. The molecule has 0 aliphatic heterocycles. The van der Waals surface area contributed by atoms with Crippen LogP contribution in [0.3, 0.4) is 0 Å². The zero-order chi connectivity index (χ0) is 10.3. The first-order valence-corrected chi connectivity index (χ1v) is 5.65. The van der Waals surface area contributed by atoms with Crippen molar-refractivity contribution in [3.8, 4) is 0 Å². The molecule has 1 aliphatic rings. The van der Waals surface area contributed by atoms with Gasteiger partial charge in [-0.1, -0.05) is 13.8 Å². The lowest BCUT2D eigenvalue weighted by molar-refractivity contribution is -0.138. The van der Waals surface area contributed by atoms with Crippen LogP contribution < -0.4 is 0 Å². The SMILES string of the molecule is CC(C)c1nc([C@@H]2C[C@H]2C(=O)O)cs1. The van der Waals surface area contributed by atoms with Crippen molar-refractivity contribution in [3.63, 3.8) is 0 Å². The minimum Gasteiger partial charge on any atom is -0.481 e. The molecule has 1 aliphatic carbocycles. The molecule has 0 aromatic carbocycles. The molecule has 2 atom stereocenters. The molecule has 1 heterocycles. The summed E-state index contributed by atoms with van der Waals surface area (Å²) in [7, 11) is 0. The summed E-state index contributed by atoms with van der Waals surface area (Å²) in [5.41, 5.74) is 0.978. The molecule has 14 heavy (non-hydrogen) atoms. The quantitative estimate of drug-likeness (QED) is 0.835. The second-order valence-corrected chi connectivity index (χ2v) is 4.94. The summed E-state index contributed by atoms with van der Waals surface area (Å²) >= 11 is 1.64. The summed E-state index contributed by atoms with van der Waals surface area (Å²) in [5.74, 6) is -0.252. The molecule has 0 spiro atoms. The molecule has 0 saturated heterocycles. The fourth-order valence-corrected chi connectivity index (χ4v) is 2.43. The van der Waals surface area contributed by atoms with Crippen LogP contribution in [0.1, 0.15) is 42.8 Å². The number of carboxylic acids is 1. The lowest BCUT2D eigenvalue weighted by atomic mass is 10.2. The maximum Gasteiger partial charge on any atom is 0.307 e. The molecule has 1 aromatic rings. The molecule has 0 bridgehead atoms. The van der Waals surface area contributed by atoms with Crippen molar-refractivity contribution in [1.82, 2.24) is 4.98 Å². The first kappa shape index (κ1) is 9.65. The number of nitrogens with zero attached hydrogens (tertiary/aromatic N) is 1. The van der Waals surface area contributed by atoms with E-state index in [1.165, 1.54) is 0 Å². The molecule has 3 nitrogen and oxygen atoms in total. The molecule has 1 fully saturated rings. The topological polar surface area (TPSA) is 50.2 Å². The molecule has 1 aromatic heterocycles. The highest BCUT2D eigenvalue weighted by Crippen LogP contribution is 2.47. The van der Waals surface area contributed by atoms with Gasteiger partial charge in [0.1, 0.15) is 0 Å². The van der Waals surface area contributed by atoms with Gasteiger partial charge < -0.3 is 5.11 Å². The van der Waals surface area contributed by atoms with Crippen molar-refractivity contribution in [2.24, 2.45) is 5.92 Å². The summed E-state index contributed by atoms with van der Waals surface area (Å²) in [4.78, 5) is 15.1. The van der Waals surface area contributed by atoms with Gasteiger partial charge >= 0.3 is 5.97 Å². The maximum absolute atomic E-state index is 10.7. The van der Waals surface area contributed by atoms with Gasteiger partial charge in [-0.3, -0.25) is 4.79 Å². The fraction of sp³-hybridized carbons (Fsp3) is 0.600. The van der Waals surface area contributed by atoms with Gasteiger partial charge in [-0.25, -0.2) is 4.98 Å².